The van der Waals surface area contributed by atoms with Crippen LogP contribution in [-0.4, -0.2) is 23.3 Å². The van der Waals surface area contributed by atoms with Gasteiger partial charge in [-0.3, -0.25) is 14.5 Å². The van der Waals surface area contributed by atoms with Crippen LogP contribution in [0.15, 0.2) is 36.4 Å². The van der Waals surface area contributed by atoms with Gasteiger partial charge in [0.2, 0.25) is 11.8 Å². The molecule has 1 aliphatic heterocycles. The fourth-order valence-electron chi connectivity index (χ4n) is 2.67. The van der Waals surface area contributed by atoms with E-state index in [1.807, 2.05) is 13.0 Å². The van der Waals surface area contributed by atoms with E-state index in [4.69, 9.17) is 0 Å². The zero-order valence-electron chi connectivity index (χ0n) is 12.7. The number of nitrogens with one attached hydrogen (secondary N) is 1. The quantitative estimate of drug-likeness (QED) is 0.947. The van der Waals surface area contributed by atoms with Crippen molar-refractivity contribution in [2.45, 2.75) is 19.8 Å². The first-order valence-corrected chi connectivity index (χ1v) is 7.36. The van der Waals surface area contributed by atoms with Crippen LogP contribution >= 0.6 is 0 Å². The lowest BCUT2D eigenvalue weighted by Crippen LogP contribution is -2.41. The molecule has 0 fully saturated rings. The number of amides is 2. The molecule has 3 rings (SSSR count). The molecule has 118 valence electrons. The Morgan fingerprint density at radius 3 is 2.83 bits per heavy atom. The average Bonchev–Trinajstić information content (AvgIpc) is 2.50. The number of benzene rings is 1. The van der Waals surface area contributed by atoms with Gasteiger partial charge in [-0.2, -0.15) is 0 Å². The molecule has 6 heteroatoms. The van der Waals surface area contributed by atoms with Crippen molar-refractivity contribution in [1.29, 1.82) is 0 Å². The van der Waals surface area contributed by atoms with Gasteiger partial charge >= 0.3 is 0 Å². The van der Waals surface area contributed by atoms with Crippen LogP contribution in [0.1, 0.15) is 17.7 Å². The number of carbonyl (C=O) groups excluding carboxylic acids is 2. The Bertz CT molecular complexity index is 776. The Kier molecular flexibility index (Phi) is 4.06. The molecule has 1 aromatic heterocycles. The number of aryl methyl sites for hydroxylation is 2. The lowest BCUT2D eigenvalue weighted by molar-refractivity contribution is -0.121. The molecule has 0 bridgehead atoms. The molecular weight excluding hydrogens is 297 g/mol. The molecule has 0 aliphatic carbocycles. The molecule has 0 saturated carbocycles. The number of aromatic nitrogens is 1. The Labute approximate surface area is 133 Å². The Balaban J connectivity index is 1.80. The van der Waals surface area contributed by atoms with Crippen molar-refractivity contribution < 1.29 is 14.0 Å². The fourth-order valence-corrected chi connectivity index (χ4v) is 2.67. The van der Waals surface area contributed by atoms with Crippen LogP contribution in [0.2, 0.25) is 0 Å². The number of hydrogen-bond donors (Lipinski definition) is 1. The molecule has 0 atom stereocenters. The third-order valence-corrected chi connectivity index (χ3v) is 3.71. The molecule has 2 heterocycles. The van der Waals surface area contributed by atoms with Gasteiger partial charge in [0.05, 0.1) is 5.69 Å². The summed E-state index contributed by atoms with van der Waals surface area (Å²) in [4.78, 5) is 29.7. The van der Waals surface area contributed by atoms with E-state index >= 15 is 0 Å². The Morgan fingerprint density at radius 1 is 1.26 bits per heavy atom. The van der Waals surface area contributed by atoms with Crippen molar-refractivity contribution in [3.8, 4) is 0 Å². The summed E-state index contributed by atoms with van der Waals surface area (Å²) in [6, 6.07) is 9.94. The van der Waals surface area contributed by atoms with Crippen molar-refractivity contribution in [1.82, 2.24) is 4.98 Å². The lowest BCUT2D eigenvalue weighted by Gasteiger charge is -2.29. The predicted molar refractivity (Wildman–Crippen MR) is 84.7 cm³/mol. The molecule has 1 aliphatic rings. The largest absolute Gasteiger partial charge is 0.309 e. The van der Waals surface area contributed by atoms with E-state index in [1.54, 1.807) is 24.3 Å². The number of anilines is 2. The normalized spacial score (nSPS) is 13.7. The monoisotopic (exact) mass is 313 g/mol. The summed E-state index contributed by atoms with van der Waals surface area (Å²) in [5, 5.41) is 2.63. The van der Waals surface area contributed by atoms with Gasteiger partial charge in [-0.25, -0.2) is 9.37 Å². The lowest BCUT2D eigenvalue weighted by atomic mass is 10.0. The molecule has 0 saturated heterocycles. The Morgan fingerprint density at radius 2 is 2.04 bits per heavy atom. The second-order valence-electron chi connectivity index (χ2n) is 5.44. The van der Waals surface area contributed by atoms with Gasteiger partial charge in [-0.1, -0.05) is 18.2 Å². The van der Waals surface area contributed by atoms with E-state index in [-0.39, 0.29) is 24.6 Å². The number of carbonyl (C=O) groups is 2. The highest BCUT2D eigenvalue weighted by Gasteiger charge is 2.28. The summed E-state index contributed by atoms with van der Waals surface area (Å²) in [6.07, 6.45) is 0.760. The fraction of sp³-hybridized carbons (Fsp3) is 0.235. The minimum absolute atomic E-state index is 0.205. The summed E-state index contributed by atoms with van der Waals surface area (Å²) >= 11 is 0. The van der Waals surface area contributed by atoms with Crippen molar-refractivity contribution in [3.05, 3.63) is 53.5 Å². The molecule has 0 unspecified atom stereocenters. The van der Waals surface area contributed by atoms with E-state index in [2.05, 4.69) is 10.3 Å². The van der Waals surface area contributed by atoms with Gasteiger partial charge in [0.1, 0.15) is 18.2 Å². The molecule has 0 spiro atoms. The summed E-state index contributed by atoms with van der Waals surface area (Å²) in [7, 11) is 0. The number of halogens is 1. The van der Waals surface area contributed by atoms with Crippen LogP contribution in [-0.2, 0) is 16.0 Å². The summed E-state index contributed by atoms with van der Waals surface area (Å²) < 4.78 is 14.1. The Hall–Kier alpha value is -2.76. The van der Waals surface area contributed by atoms with Crippen LogP contribution in [0.4, 0.5) is 15.9 Å². The van der Waals surface area contributed by atoms with Gasteiger partial charge in [0, 0.05) is 12.1 Å². The number of hydrogen-bond acceptors (Lipinski definition) is 3. The van der Waals surface area contributed by atoms with E-state index in [0.29, 0.717) is 12.2 Å². The molecule has 5 nitrogen and oxygen atoms in total. The van der Waals surface area contributed by atoms with Crippen LogP contribution in [0.5, 0.6) is 0 Å². The SMILES string of the molecule is Cc1cccc(NC(=O)CN2C(=O)CCc3cccc(F)c32)n1. The van der Waals surface area contributed by atoms with Crippen LogP contribution < -0.4 is 10.2 Å². The zero-order valence-corrected chi connectivity index (χ0v) is 12.7. The van der Waals surface area contributed by atoms with Gasteiger partial charge < -0.3 is 5.32 Å². The average molecular weight is 313 g/mol. The van der Waals surface area contributed by atoms with E-state index in [0.717, 1.165) is 11.3 Å². The highest BCUT2D eigenvalue weighted by atomic mass is 19.1. The molecule has 23 heavy (non-hydrogen) atoms. The smallest absolute Gasteiger partial charge is 0.245 e. The first-order valence-electron chi connectivity index (χ1n) is 7.36. The highest BCUT2D eigenvalue weighted by Crippen LogP contribution is 2.30. The maximum Gasteiger partial charge on any atom is 0.245 e. The van der Waals surface area contributed by atoms with E-state index in [9.17, 15) is 14.0 Å². The van der Waals surface area contributed by atoms with Gasteiger partial charge in [-0.15, -0.1) is 0 Å². The van der Waals surface area contributed by atoms with Crippen molar-refractivity contribution >= 4 is 23.3 Å². The van der Waals surface area contributed by atoms with Gasteiger partial charge in [0.25, 0.3) is 0 Å². The minimum Gasteiger partial charge on any atom is -0.309 e. The summed E-state index contributed by atoms with van der Waals surface area (Å²) in [6.45, 7) is 1.58. The van der Waals surface area contributed by atoms with E-state index < -0.39 is 11.7 Å². The standard InChI is InChI=1S/C17H16FN3O2/c1-11-4-2-7-14(19-11)20-15(22)10-21-16(23)9-8-12-5-3-6-13(18)17(12)21/h2-7H,8-10H2,1H3,(H,19,20,22). The maximum absolute atomic E-state index is 14.1. The molecular formula is C17H16FN3O2. The second-order valence-corrected chi connectivity index (χ2v) is 5.44. The number of para-hydroxylation sites is 1. The molecule has 1 aromatic carbocycles. The van der Waals surface area contributed by atoms with E-state index in [1.165, 1.54) is 11.0 Å². The summed E-state index contributed by atoms with van der Waals surface area (Å²) in [5.74, 6) is -0.743. The third-order valence-electron chi connectivity index (χ3n) is 3.71. The summed E-state index contributed by atoms with van der Waals surface area (Å²) in [5.41, 5.74) is 1.72. The van der Waals surface area contributed by atoms with Crippen molar-refractivity contribution in [2.24, 2.45) is 0 Å². The zero-order chi connectivity index (χ0) is 16.4. The molecule has 2 aromatic rings. The topological polar surface area (TPSA) is 62.3 Å². The first-order chi connectivity index (χ1) is 11.0. The van der Waals surface area contributed by atoms with Crippen LogP contribution in [0, 0.1) is 12.7 Å². The number of pyridine rings is 1. The first kappa shape index (κ1) is 15.1. The van der Waals surface area contributed by atoms with Gasteiger partial charge in [-0.05, 0) is 37.1 Å². The second kappa shape index (κ2) is 6.16. The molecule has 0 radical (unpaired) electrons. The third kappa shape index (κ3) is 3.21. The number of rotatable bonds is 3. The van der Waals surface area contributed by atoms with Gasteiger partial charge in [0.15, 0.2) is 0 Å². The van der Waals surface area contributed by atoms with Crippen molar-refractivity contribution in [2.75, 3.05) is 16.8 Å². The molecule has 2 amide bonds. The number of fused-ring (bicyclic) bond motifs is 1. The maximum atomic E-state index is 14.1. The minimum atomic E-state index is -0.489. The molecule has 1 N–H and O–H groups in total. The van der Waals surface area contributed by atoms with Crippen molar-refractivity contribution in [3.63, 3.8) is 0 Å². The number of nitrogens with zero attached hydrogens (tertiary/aromatic N) is 2. The van der Waals surface area contributed by atoms with Crippen LogP contribution in [0.25, 0.3) is 0 Å². The highest BCUT2D eigenvalue weighted by molar-refractivity contribution is 6.04. The van der Waals surface area contributed by atoms with Crippen LogP contribution in [0.3, 0.4) is 0 Å². The predicted octanol–water partition coefficient (Wildman–Crippen LogP) is 2.45.